The molecule has 0 saturated heterocycles. The summed E-state index contributed by atoms with van der Waals surface area (Å²) >= 11 is 7.54. The zero-order valence-electron chi connectivity index (χ0n) is 15.3. The van der Waals surface area contributed by atoms with E-state index in [2.05, 4.69) is 0 Å². The van der Waals surface area contributed by atoms with Crippen LogP contribution in [0.25, 0.3) is 10.2 Å². The molecule has 0 saturated carbocycles. The molecule has 142 valence electrons. The normalized spacial score (nSPS) is 11.0. The molecular formula is C21H17ClN2O3S. The third-order valence-electron chi connectivity index (χ3n) is 4.35. The Morgan fingerprint density at radius 2 is 2.11 bits per heavy atom. The second kappa shape index (κ2) is 7.66. The summed E-state index contributed by atoms with van der Waals surface area (Å²) in [4.78, 5) is 19.6. The lowest BCUT2D eigenvalue weighted by Crippen LogP contribution is -2.30. The number of thiazole rings is 1. The van der Waals surface area contributed by atoms with Crippen LogP contribution in [0, 0.1) is 6.92 Å². The standard InChI is InChI=1S/C21H17ClN2O3S/c1-13-8-9-17(26-2)18-19(13)28-21(23-18)24(12-16-7-4-10-27-16)20(25)14-5-3-6-15(22)11-14/h3-11H,12H2,1-2H3. The summed E-state index contributed by atoms with van der Waals surface area (Å²) in [6.45, 7) is 2.28. The Hall–Kier alpha value is -2.83. The maximum Gasteiger partial charge on any atom is 0.260 e. The van der Waals surface area contributed by atoms with Crippen LogP contribution in [0.15, 0.2) is 59.2 Å². The number of carbonyl (C=O) groups is 1. The van der Waals surface area contributed by atoms with Crippen molar-refractivity contribution in [1.82, 2.24) is 4.98 Å². The number of ether oxygens (including phenoxy) is 1. The van der Waals surface area contributed by atoms with Crippen LogP contribution in [0.4, 0.5) is 5.13 Å². The largest absolute Gasteiger partial charge is 0.494 e. The van der Waals surface area contributed by atoms with Crippen molar-refractivity contribution in [2.75, 3.05) is 12.0 Å². The van der Waals surface area contributed by atoms with Crippen LogP contribution in [-0.4, -0.2) is 18.0 Å². The monoisotopic (exact) mass is 412 g/mol. The van der Waals surface area contributed by atoms with Crippen molar-refractivity contribution in [3.05, 3.63) is 76.7 Å². The quantitative estimate of drug-likeness (QED) is 0.421. The van der Waals surface area contributed by atoms with Gasteiger partial charge in [0.25, 0.3) is 5.91 Å². The zero-order chi connectivity index (χ0) is 19.7. The highest BCUT2D eigenvalue weighted by Gasteiger charge is 2.24. The molecule has 0 bridgehead atoms. The Kier molecular flexibility index (Phi) is 5.07. The predicted octanol–water partition coefficient (Wildman–Crippen LogP) is 5.71. The highest BCUT2D eigenvalue weighted by Crippen LogP contribution is 2.37. The van der Waals surface area contributed by atoms with Crippen molar-refractivity contribution in [2.24, 2.45) is 0 Å². The number of furan rings is 1. The first-order valence-corrected chi connectivity index (χ1v) is 9.80. The molecule has 2 aromatic carbocycles. The van der Waals surface area contributed by atoms with Crippen LogP contribution < -0.4 is 9.64 Å². The smallest absolute Gasteiger partial charge is 0.260 e. The average Bonchev–Trinajstić information content (AvgIpc) is 3.36. The van der Waals surface area contributed by atoms with Crippen molar-refractivity contribution in [1.29, 1.82) is 0 Å². The van der Waals surface area contributed by atoms with Crippen molar-refractivity contribution in [3.8, 4) is 5.75 Å². The highest BCUT2D eigenvalue weighted by atomic mass is 35.5. The Morgan fingerprint density at radius 3 is 2.82 bits per heavy atom. The fourth-order valence-electron chi connectivity index (χ4n) is 2.94. The SMILES string of the molecule is COc1ccc(C)c2sc(N(Cc3ccco3)C(=O)c3cccc(Cl)c3)nc12. The first kappa shape index (κ1) is 18.5. The minimum atomic E-state index is -0.199. The zero-order valence-corrected chi connectivity index (χ0v) is 16.9. The van der Waals surface area contributed by atoms with Crippen LogP contribution >= 0.6 is 22.9 Å². The van der Waals surface area contributed by atoms with Gasteiger partial charge in [-0.2, -0.15) is 0 Å². The molecule has 1 amide bonds. The molecule has 7 heteroatoms. The molecule has 0 radical (unpaired) electrons. The Morgan fingerprint density at radius 1 is 1.25 bits per heavy atom. The number of amides is 1. The molecule has 0 spiro atoms. The van der Waals surface area contributed by atoms with E-state index in [-0.39, 0.29) is 12.5 Å². The fourth-order valence-corrected chi connectivity index (χ4v) is 4.18. The third kappa shape index (κ3) is 3.48. The maximum atomic E-state index is 13.3. The Balaban J connectivity index is 1.82. The summed E-state index contributed by atoms with van der Waals surface area (Å²) in [6.07, 6.45) is 1.59. The topological polar surface area (TPSA) is 55.6 Å². The summed E-state index contributed by atoms with van der Waals surface area (Å²) in [5.74, 6) is 1.14. The van der Waals surface area contributed by atoms with Gasteiger partial charge < -0.3 is 9.15 Å². The Bertz CT molecular complexity index is 1140. The number of fused-ring (bicyclic) bond motifs is 1. The molecule has 2 heterocycles. The van der Waals surface area contributed by atoms with Crippen LogP contribution in [0.2, 0.25) is 5.02 Å². The van der Waals surface area contributed by atoms with Gasteiger partial charge in [0.05, 0.1) is 24.6 Å². The molecule has 0 atom stereocenters. The number of aromatic nitrogens is 1. The fraction of sp³-hybridized carbons (Fsp3) is 0.143. The van der Waals surface area contributed by atoms with Gasteiger partial charge in [0.15, 0.2) is 5.13 Å². The lowest BCUT2D eigenvalue weighted by molar-refractivity contribution is 0.0983. The molecule has 0 aliphatic carbocycles. The number of aryl methyl sites for hydroxylation is 1. The van der Waals surface area contributed by atoms with Gasteiger partial charge in [-0.05, 0) is 48.9 Å². The number of anilines is 1. The first-order valence-electron chi connectivity index (χ1n) is 8.61. The minimum absolute atomic E-state index is 0.199. The predicted molar refractivity (Wildman–Crippen MR) is 112 cm³/mol. The van der Waals surface area contributed by atoms with Gasteiger partial charge in [0.1, 0.15) is 17.0 Å². The number of methoxy groups -OCH3 is 1. The molecular weight excluding hydrogens is 396 g/mol. The van der Waals surface area contributed by atoms with Crippen LogP contribution in [0.3, 0.4) is 0 Å². The van der Waals surface area contributed by atoms with Crippen molar-refractivity contribution >= 4 is 44.2 Å². The summed E-state index contributed by atoms with van der Waals surface area (Å²) in [6, 6.07) is 14.4. The minimum Gasteiger partial charge on any atom is -0.494 e. The van der Waals surface area contributed by atoms with Gasteiger partial charge in [-0.1, -0.05) is 35.1 Å². The summed E-state index contributed by atoms with van der Waals surface area (Å²) in [5, 5.41) is 1.08. The van der Waals surface area contributed by atoms with E-state index < -0.39 is 0 Å². The summed E-state index contributed by atoms with van der Waals surface area (Å²) < 4.78 is 11.9. The molecule has 4 aromatic rings. The lowest BCUT2D eigenvalue weighted by Gasteiger charge is -2.19. The summed E-state index contributed by atoms with van der Waals surface area (Å²) in [7, 11) is 1.61. The van der Waals surface area contributed by atoms with Gasteiger partial charge in [-0.3, -0.25) is 9.69 Å². The van der Waals surface area contributed by atoms with E-state index in [9.17, 15) is 4.79 Å². The molecule has 0 aliphatic heterocycles. The molecule has 28 heavy (non-hydrogen) atoms. The number of nitrogens with zero attached hydrogens (tertiary/aromatic N) is 2. The highest BCUT2D eigenvalue weighted by molar-refractivity contribution is 7.22. The van der Waals surface area contributed by atoms with Crippen molar-refractivity contribution < 1.29 is 13.9 Å². The molecule has 5 nitrogen and oxygen atoms in total. The van der Waals surface area contributed by atoms with Gasteiger partial charge in [-0.25, -0.2) is 4.98 Å². The van der Waals surface area contributed by atoms with Gasteiger partial charge >= 0.3 is 0 Å². The molecule has 0 fully saturated rings. The van der Waals surface area contributed by atoms with Crippen molar-refractivity contribution in [3.63, 3.8) is 0 Å². The van der Waals surface area contributed by atoms with E-state index in [4.69, 9.17) is 25.7 Å². The second-order valence-electron chi connectivity index (χ2n) is 6.24. The number of hydrogen-bond donors (Lipinski definition) is 0. The molecule has 4 rings (SSSR count). The number of benzene rings is 2. The van der Waals surface area contributed by atoms with Crippen molar-refractivity contribution in [2.45, 2.75) is 13.5 Å². The third-order valence-corrected chi connectivity index (χ3v) is 5.80. The van der Waals surface area contributed by atoms with E-state index in [0.717, 1.165) is 15.8 Å². The van der Waals surface area contributed by atoms with Gasteiger partial charge in [-0.15, -0.1) is 0 Å². The van der Waals surface area contributed by atoms with Gasteiger partial charge in [0, 0.05) is 10.6 Å². The van der Waals surface area contributed by atoms with E-state index in [1.54, 1.807) is 48.6 Å². The lowest BCUT2D eigenvalue weighted by atomic mass is 10.2. The molecule has 0 N–H and O–H groups in total. The van der Waals surface area contributed by atoms with E-state index in [1.807, 2.05) is 25.1 Å². The first-order chi connectivity index (χ1) is 13.6. The summed E-state index contributed by atoms with van der Waals surface area (Å²) in [5.41, 5.74) is 2.31. The molecule has 0 aliphatic rings. The second-order valence-corrected chi connectivity index (χ2v) is 7.65. The number of carbonyl (C=O) groups excluding carboxylic acids is 1. The number of rotatable bonds is 5. The van der Waals surface area contributed by atoms with E-state index in [1.165, 1.54) is 11.3 Å². The number of halogens is 1. The molecule has 0 unspecified atom stereocenters. The molecule has 2 aromatic heterocycles. The maximum absolute atomic E-state index is 13.3. The van der Waals surface area contributed by atoms with Crippen LogP contribution in [-0.2, 0) is 6.54 Å². The average molecular weight is 413 g/mol. The van der Waals surface area contributed by atoms with E-state index >= 15 is 0 Å². The van der Waals surface area contributed by atoms with E-state index in [0.29, 0.717) is 27.2 Å². The van der Waals surface area contributed by atoms with Crippen LogP contribution in [0.1, 0.15) is 21.7 Å². The Labute approximate surface area is 171 Å². The van der Waals surface area contributed by atoms with Gasteiger partial charge in [0.2, 0.25) is 0 Å². The van der Waals surface area contributed by atoms with Crippen LogP contribution in [0.5, 0.6) is 5.75 Å². The number of hydrogen-bond acceptors (Lipinski definition) is 5.